The topological polar surface area (TPSA) is 78.4 Å². The van der Waals surface area contributed by atoms with Crippen LogP contribution in [-0.4, -0.2) is 23.1 Å². The van der Waals surface area contributed by atoms with Crippen LogP contribution in [0.5, 0.6) is 0 Å². The maximum Gasteiger partial charge on any atom is 0.319 e. The second-order valence-electron chi connectivity index (χ2n) is 5.04. The first kappa shape index (κ1) is 14.8. The Labute approximate surface area is 125 Å². The second kappa shape index (κ2) is 6.26. The molecule has 20 heavy (non-hydrogen) atoms. The third-order valence-corrected chi connectivity index (χ3v) is 4.46. The highest BCUT2D eigenvalue weighted by Gasteiger charge is 2.33. The zero-order chi connectivity index (χ0) is 14.7. The van der Waals surface area contributed by atoms with Crippen molar-refractivity contribution in [2.24, 2.45) is 5.92 Å². The number of hydrogen-bond acceptors (Lipinski definition) is 2. The van der Waals surface area contributed by atoms with E-state index in [1.54, 1.807) is 6.07 Å². The van der Waals surface area contributed by atoms with Gasteiger partial charge in [-0.05, 0) is 43.5 Å². The molecule has 0 radical (unpaired) electrons. The number of carboxylic acid groups (broad SMARTS) is 1. The van der Waals surface area contributed by atoms with Gasteiger partial charge in [-0.2, -0.15) is 0 Å². The summed E-state index contributed by atoms with van der Waals surface area (Å²) in [6.07, 6.45) is 2.17. The van der Waals surface area contributed by atoms with Crippen molar-refractivity contribution in [2.45, 2.75) is 32.2 Å². The van der Waals surface area contributed by atoms with E-state index in [1.165, 1.54) is 0 Å². The molecule has 5 nitrogen and oxygen atoms in total. The van der Waals surface area contributed by atoms with E-state index >= 15 is 0 Å². The van der Waals surface area contributed by atoms with Crippen molar-refractivity contribution in [3.05, 3.63) is 28.2 Å². The number of carboxylic acids is 1. The number of amides is 2. The summed E-state index contributed by atoms with van der Waals surface area (Å²) in [5.74, 6) is -1.32. The molecule has 1 fully saturated rings. The highest BCUT2D eigenvalue weighted by atomic mass is 79.9. The van der Waals surface area contributed by atoms with Gasteiger partial charge in [0, 0.05) is 16.2 Å². The number of rotatable bonds is 3. The van der Waals surface area contributed by atoms with Gasteiger partial charge >= 0.3 is 12.0 Å². The molecule has 1 aliphatic rings. The first-order valence-corrected chi connectivity index (χ1v) is 7.33. The Hall–Kier alpha value is -1.56. The Morgan fingerprint density at radius 1 is 1.35 bits per heavy atom. The zero-order valence-corrected chi connectivity index (χ0v) is 12.7. The van der Waals surface area contributed by atoms with Crippen molar-refractivity contribution < 1.29 is 14.7 Å². The van der Waals surface area contributed by atoms with E-state index < -0.39 is 11.9 Å². The molecule has 108 valence electrons. The molecular weight excluding hydrogens is 324 g/mol. The number of nitrogens with one attached hydrogen (secondary N) is 2. The van der Waals surface area contributed by atoms with Crippen LogP contribution in [0.15, 0.2) is 22.7 Å². The number of benzene rings is 1. The van der Waals surface area contributed by atoms with Crippen LogP contribution >= 0.6 is 15.9 Å². The van der Waals surface area contributed by atoms with Gasteiger partial charge in [-0.3, -0.25) is 4.79 Å². The first-order valence-electron chi connectivity index (χ1n) is 6.54. The highest BCUT2D eigenvalue weighted by molar-refractivity contribution is 9.10. The number of aliphatic carboxylic acids is 1. The fraction of sp³-hybridized carbons (Fsp3) is 0.429. The van der Waals surface area contributed by atoms with Crippen LogP contribution in [0.2, 0.25) is 0 Å². The van der Waals surface area contributed by atoms with Crippen LogP contribution in [0, 0.1) is 12.8 Å². The Morgan fingerprint density at radius 2 is 2.10 bits per heavy atom. The van der Waals surface area contributed by atoms with Crippen LogP contribution in [0.3, 0.4) is 0 Å². The molecule has 1 aromatic carbocycles. The molecule has 0 heterocycles. The number of hydrogen-bond donors (Lipinski definition) is 3. The van der Waals surface area contributed by atoms with Crippen molar-refractivity contribution in [3.8, 4) is 0 Å². The van der Waals surface area contributed by atoms with Crippen molar-refractivity contribution in [1.29, 1.82) is 0 Å². The summed E-state index contributed by atoms with van der Waals surface area (Å²) >= 11 is 3.40. The molecule has 1 aliphatic carbocycles. The summed E-state index contributed by atoms with van der Waals surface area (Å²) in [5, 5.41) is 14.6. The van der Waals surface area contributed by atoms with Crippen LogP contribution < -0.4 is 10.6 Å². The Morgan fingerprint density at radius 3 is 2.75 bits per heavy atom. The summed E-state index contributed by atoms with van der Waals surface area (Å²) in [6, 6.07) is 4.86. The Kier molecular flexibility index (Phi) is 4.65. The lowest BCUT2D eigenvalue weighted by Gasteiger charge is -2.18. The smallest absolute Gasteiger partial charge is 0.319 e. The van der Waals surface area contributed by atoms with E-state index in [9.17, 15) is 9.59 Å². The van der Waals surface area contributed by atoms with Gasteiger partial charge < -0.3 is 15.7 Å². The van der Waals surface area contributed by atoms with Gasteiger partial charge in [-0.15, -0.1) is 0 Å². The van der Waals surface area contributed by atoms with E-state index in [4.69, 9.17) is 5.11 Å². The minimum atomic E-state index is -0.840. The lowest BCUT2D eigenvalue weighted by Crippen LogP contribution is -2.42. The molecule has 1 aromatic rings. The fourth-order valence-electron chi connectivity index (χ4n) is 2.49. The quantitative estimate of drug-likeness (QED) is 0.790. The van der Waals surface area contributed by atoms with Crippen molar-refractivity contribution >= 4 is 33.6 Å². The van der Waals surface area contributed by atoms with Gasteiger partial charge in [0.15, 0.2) is 0 Å². The largest absolute Gasteiger partial charge is 0.481 e. The third kappa shape index (κ3) is 3.50. The van der Waals surface area contributed by atoms with Crippen LogP contribution in [-0.2, 0) is 4.79 Å². The average Bonchev–Trinajstić information content (AvgIpc) is 2.82. The molecule has 3 N–H and O–H groups in total. The van der Waals surface area contributed by atoms with E-state index in [0.717, 1.165) is 16.5 Å². The van der Waals surface area contributed by atoms with Gasteiger partial charge in [0.2, 0.25) is 0 Å². The minimum absolute atomic E-state index is 0.288. The number of halogens is 1. The number of carbonyl (C=O) groups excluding carboxylic acids is 1. The number of aryl methyl sites for hydroxylation is 1. The van der Waals surface area contributed by atoms with E-state index in [2.05, 4.69) is 26.6 Å². The lowest BCUT2D eigenvalue weighted by atomic mass is 10.0. The van der Waals surface area contributed by atoms with Gasteiger partial charge in [0.25, 0.3) is 0 Å². The monoisotopic (exact) mass is 340 g/mol. The van der Waals surface area contributed by atoms with Crippen LogP contribution in [0.1, 0.15) is 24.8 Å². The van der Waals surface area contributed by atoms with Crippen molar-refractivity contribution in [3.63, 3.8) is 0 Å². The number of anilines is 1. The summed E-state index contributed by atoms with van der Waals surface area (Å²) < 4.78 is 0.977. The average molecular weight is 341 g/mol. The molecule has 0 aliphatic heterocycles. The third-order valence-electron chi connectivity index (χ3n) is 3.57. The normalized spacial score (nSPS) is 21.5. The van der Waals surface area contributed by atoms with E-state index in [0.29, 0.717) is 18.5 Å². The molecule has 2 rings (SSSR count). The van der Waals surface area contributed by atoms with Gasteiger partial charge in [-0.25, -0.2) is 4.79 Å². The molecule has 2 atom stereocenters. The molecule has 0 aromatic heterocycles. The molecule has 2 amide bonds. The van der Waals surface area contributed by atoms with Crippen molar-refractivity contribution in [2.75, 3.05) is 5.32 Å². The standard InChI is InChI=1S/C14H17BrN2O3/c1-8-7-9(5-6-11(8)15)16-14(20)17-12-4-2-3-10(12)13(18)19/h5-7,10,12H,2-4H2,1H3,(H,18,19)(H2,16,17,20). The molecule has 6 heteroatoms. The molecular formula is C14H17BrN2O3. The first-order chi connectivity index (χ1) is 9.47. The summed E-state index contributed by atoms with van der Waals surface area (Å²) in [6.45, 7) is 1.94. The zero-order valence-electron chi connectivity index (χ0n) is 11.1. The van der Waals surface area contributed by atoms with Crippen LogP contribution in [0.25, 0.3) is 0 Å². The van der Waals surface area contributed by atoms with Gasteiger partial charge in [-0.1, -0.05) is 22.4 Å². The molecule has 1 saturated carbocycles. The van der Waals surface area contributed by atoms with Gasteiger partial charge in [0.05, 0.1) is 5.92 Å². The summed E-state index contributed by atoms with van der Waals surface area (Å²) in [5.41, 5.74) is 1.71. The molecule has 0 bridgehead atoms. The molecule has 2 unspecified atom stereocenters. The summed E-state index contributed by atoms with van der Waals surface area (Å²) in [7, 11) is 0. The maximum atomic E-state index is 11.9. The number of urea groups is 1. The molecule has 0 saturated heterocycles. The Bertz CT molecular complexity index is 533. The van der Waals surface area contributed by atoms with E-state index in [1.807, 2.05) is 19.1 Å². The SMILES string of the molecule is Cc1cc(NC(=O)NC2CCCC2C(=O)O)ccc1Br. The van der Waals surface area contributed by atoms with Crippen molar-refractivity contribution in [1.82, 2.24) is 5.32 Å². The van der Waals surface area contributed by atoms with Gasteiger partial charge in [0.1, 0.15) is 0 Å². The van der Waals surface area contributed by atoms with Crippen LogP contribution in [0.4, 0.5) is 10.5 Å². The number of carbonyl (C=O) groups is 2. The van der Waals surface area contributed by atoms with E-state index in [-0.39, 0.29) is 12.1 Å². The second-order valence-corrected chi connectivity index (χ2v) is 5.90. The summed E-state index contributed by atoms with van der Waals surface area (Å²) in [4.78, 5) is 23.0. The predicted octanol–water partition coefficient (Wildman–Crippen LogP) is 3.13. The highest BCUT2D eigenvalue weighted by Crippen LogP contribution is 2.26. The lowest BCUT2D eigenvalue weighted by molar-refractivity contribution is -0.142. The molecule has 0 spiro atoms. The Balaban J connectivity index is 1.95. The predicted molar refractivity (Wildman–Crippen MR) is 79.8 cm³/mol. The minimum Gasteiger partial charge on any atom is -0.481 e. The fourth-order valence-corrected chi connectivity index (χ4v) is 2.73. The maximum absolute atomic E-state index is 11.9.